The third-order valence-electron chi connectivity index (χ3n) is 22.3. The van der Waals surface area contributed by atoms with E-state index in [9.17, 15) is 52.7 Å². The maximum Gasteiger partial charge on any atom is 0.381 e. The molecule has 0 saturated carbocycles. The topological polar surface area (TPSA) is 103 Å². The summed E-state index contributed by atoms with van der Waals surface area (Å²) in [5.74, 6) is 1.59. The minimum atomic E-state index is -4.34. The maximum absolute atomic E-state index is 12.7. The molecule has 146 heavy (non-hydrogen) atoms. The van der Waals surface area contributed by atoms with Gasteiger partial charge >= 0.3 is 24.7 Å². The number of hydrogen-bond donors (Lipinski definition) is 0. The Kier molecular flexibility index (Phi) is 50.5. The van der Waals surface area contributed by atoms with E-state index in [1.165, 1.54) is 67.3 Å². The summed E-state index contributed by atoms with van der Waals surface area (Å²) in [5.41, 5.74) is 15.8. The minimum Gasteiger partial charge on any atom is -0.305 e. The van der Waals surface area contributed by atoms with Crippen molar-refractivity contribution in [2.75, 3.05) is 0 Å². The van der Waals surface area contributed by atoms with Gasteiger partial charge in [0.15, 0.2) is 0 Å². The second kappa shape index (κ2) is 58.5. The first kappa shape index (κ1) is 126. The number of nitrogens with zero attached hydrogens (tertiary/aromatic N) is 8. The SMILES string of the molecule is CC(C)Cc1cc(-c2[c-]cccc2)ncc1[Si](C)(C)C.CC(C)c1cc(-c2[c-]cccc2)ncc1[Si](C)(C)C.CCC(C)c1cc(-c2[c-]cc(C(F)(F)F)cc2)ncc1[Si](C)(C)C.CCCc1cc(-c2[c-]cc(C(F)(F)F)cc2)ncc1[Si](C)(C)C.FC(F)(F)c1c[c-]c(-c2ccccn2)cc1.FC(F)(F)c1c[c-]c(-c2ccccn2)cc1.[Ir].[Ir].[Ir].[Ir].[c-]1ccccc1-c1ccccn1.[c-]1ccccc1-c1ccccn1. The Hall–Kier alpha value is -10.4. The van der Waals surface area contributed by atoms with Crippen LogP contribution in [-0.2, 0) is 118 Å². The molecule has 8 aromatic carbocycles. The van der Waals surface area contributed by atoms with E-state index in [1.807, 2.05) is 146 Å². The second-order valence-corrected chi connectivity index (χ2v) is 58.7. The van der Waals surface area contributed by atoms with E-state index in [0.717, 1.165) is 119 Å². The first-order valence-corrected chi connectivity index (χ1v) is 60.9. The zero-order valence-corrected chi connectivity index (χ0v) is 98.6. The predicted octanol–water partition coefficient (Wildman–Crippen LogP) is 31.4. The van der Waals surface area contributed by atoms with Crippen LogP contribution in [0.15, 0.2) is 316 Å². The third-order valence-corrected chi connectivity index (χ3v) is 30.5. The van der Waals surface area contributed by atoms with Crippen molar-refractivity contribution in [2.45, 2.75) is 189 Å². The van der Waals surface area contributed by atoms with Crippen LogP contribution in [0.5, 0.6) is 0 Å². The third kappa shape index (κ3) is 39.9. The summed E-state index contributed by atoms with van der Waals surface area (Å²) in [5, 5.41) is 5.59. The molecule has 0 aliphatic carbocycles. The molecule has 0 amide bonds. The summed E-state index contributed by atoms with van der Waals surface area (Å²) in [6.07, 6.45) is 1.56. The van der Waals surface area contributed by atoms with Crippen molar-refractivity contribution in [3.63, 3.8) is 0 Å². The maximum atomic E-state index is 12.7. The molecule has 0 N–H and O–H groups in total. The van der Waals surface area contributed by atoms with Gasteiger partial charge in [0, 0.05) is 130 Å². The molecule has 16 rings (SSSR count). The summed E-state index contributed by atoms with van der Waals surface area (Å²) in [6, 6.07) is 99.6. The van der Waals surface area contributed by atoms with Gasteiger partial charge in [-0.05, 0) is 150 Å². The van der Waals surface area contributed by atoms with Crippen LogP contribution >= 0.6 is 0 Å². The van der Waals surface area contributed by atoms with Crippen LogP contribution in [0.4, 0.5) is 52.7 Å². The molecular formula is C118H120F12Ir4N8Si4-8. The number of halogens is 12. The fourth-order valence-corrected chi connectivity index (χ4v) is 21.2. The molecule has 0 aliphatic rings. The van der Waals surface area contributed by atoms with E-state index < -0.39 is 79.3 Å². The Labute approximate surface area is 912 Å². The van der Waals surface area contributed by atoms with Crippen LogP contribution in [0, 0.1) is 54.4 Å². The van der Waals surface area contributed by atoms with Crippen LogP contribution in [0.25, 0.3) is 90.1 Å². The molecule has 0 saturated heterocycles. The average molecular weight is 2760 g/mol. The summed E-state index contributed by atoms with van der Waals surface area (Å²) < 4.78 is 150. The van der Waals surface area contributed by atoms with Crippen molar-refractivity contribution in [2.24, 2.45) is 5.92 Å². The molecule has 16 aromatic rings. The molecule has 0 fully saturated rings. The van der Waals surface area contributed by atoms with Crippen LogP contribution < -0.4 is 20.7 Å². The number of benzene rings is 8. The van der Waals surface area contributed by atoms with E-state index in [-0.39, 0.29) is 80.4 Å². The Morgan fingerprint density at radius 2 is 0.514 bits per heavy atom. The second-order valence-electron chi connectivity index (χ2n) is 38.5. The molecule has 28 heteroatoms. The van der Waals surface area contributed by atoms with Crippen molar-refractivity contribution >= 4 is 53.0 Å². The van der Waals surface area contributed by atoms with E-state index in [1.54, 1.807) is 61.2 Å². The normalized spacial score (nSPS) is 11.5. The number of rotatable bonds is 19. The molecule has 4 radical (unpaired) electrons. The minimum absolute atomic E-state index is 0. The van der Waals surface area contributed by atoms with E-state index in [0.29, 0.717) is 62.8 Å². The van der Waals surface area contributed by atoms with Crippen molar-refractivity contribution < 1.29 is 133 Å². The van der Waals surface area contributed by atoms with Gasteiger partial charge in [-0.2, -0.15) is 52.7 Å². The van der Waals surface area contributed by atoms with Gasteiger partial charge in [0.2, 0.25) is 0 Å². The summed E-state index contributed by atoms with van der Waals surface area (Å²) in [4.78, 5) is 34.8. The molecular weight excluding hydrogens is 2640 g/mol. The van der Waals surface area contributed by atoms with Gasteiger partial charge in [0.05, 0.1) is 32.3 Å². The van der Waals surface area contributed by atoms with Crippen molar-refractivity contribution in [3.05, 3.63) is 410 Å². The summed E-state index contributed by atoms with van der Waals surface area (Å²) in [7, 11) is -5.71. The zero-order valence-electron chi connectivity index (χ0n) is 85.0. The van der Waals surface area contributed by atoms with E-state index in [4.69, 9.17) is 0 Å². The molecule has 0 aliphatic heterocycles. The molecule has 1 unspecified atom stereocenters. The summed E-state index contributed by atoms with van der Waals surface area (Å²) >= 11 is 0. The Morgan fingerprint density at radius 1 is 0.267 bits per heavy atom. The largest absolute Gasteiger partial charge is 0.381 e. The van der Waals surface area contributed by atoms with Crippen LogP contribution in [-0.4, -0.2) is 72.2 Å². The number of aromatic nitrogens is 8. The standard InChI is InChI=1S/C19H23F3NSi.C18H21F3NSi.C18H24NSi.C17H22NSi.2C12H7F3N.2C11H8N.4Ir/c1-6-13(2)16-11-17(23-12-18(16)24(3,4)5)14-7-9-15(10-8-14)19(20,21)22;1-5-6-14-11-16(22-12-17(14)23(2,3)4)13-7-9-15(10-8-13)18(19,20)21;1-14(2)11-16-12-17(15-9-7-6-8-10-15)19-13-18(16)20(3,4)5;1-13(2)15-11-16(14-9-7-6-8-10-14)18-12-17(15)19(3,4)5;2*13-12(14,15)10-6-4-9(5-7-10)11-3-1-2-8-16-11;2*1-2-6-10(7-3-1)11-8-4-5-9-12-11;;;;/h7,9-13H,6H2,1-5H3;7,9-12H,5-6H2,1-4H3;6-9,12-14H,11H2,1-5H3;6-9,11-13H,1-5H3;2*1-4,6-8H;2*1-6,8-9H;;;;/q8*-1;;;;. The van der Waals surface area contributed by atoms with Crippen molar-refractivity contribution in [3.8, 4) is 90.1 Å². The molecule has 8 nitrogen and oxygen atoms in total. The molecule has 8 heterocycles. The first-order chi connectivity index (χ1) is 67.0. The van der Waals surface area contributed by atoms with Gasteiger partial charge in [0.1, 0.15) is 0 Å². The van der Waals surface area contributed by atoms with E-state index in [2.05, 4.69) is 252 Å². The van der Waals surface area contributed by atoms with Crippen LogP contribution in [0.2, 0.25) is 78.6 Å². The Morgan fingerprint density at radius 3 is 0.747 bits per heavy atom. The number of hydrogen-bond acceptors (Lipinski definition) is 8. The Bertz CT molecular complexity index is 6250. The molecule has 0 spiro atoms. The number of aryl methyl sites for hydroxylation is 1. The van der Waals surface area contributed by atoms with Gasteiger partial charge in [-0.1, -0.05) is 229 Å². The molecule has 0 bridgehead atoms. The fourth-order valence-electron chi connectivity index (χ4n) is 14.7. The molecule has 1 atom stereocenters. The zero-order chi connectivity index (χ0) is 104. The molecule has 8 aromatic heterocycles. The number of alkyl halides is 12. The van der Waals surface area contributed by atoms with Gasteiger partial charge in [-0.15, -0.1) is 263 Å². The molecule has 776 valence electrons. The average Bonchev–Trinajstić information content (AvgIpc) is 0.801. The quantitative estimate of drug-likeness (QED) is 0.0448. The van der Waals surface area contributed by atoms with E-state index >= 15 is 0 Å². The smallest absolute Gasteiger partial charge is 0.305 e. The van der Waals surface area contributed by atoms with Gasteiger partial charge < -0.3 is 39.9 Å². The van der Waals surface area contributed by atoms with Gasteiger partial charge in [0.25, 0.3) is 0 Å². The summed E-state index contributed by atoms with van der Waals surface area (Å²) in [6.45, 7) is 43.5. The first-order valence-electron chi connectivity index (χ1n) is 46.9. The van der Waals surface area contributed by atoms with Crippen LogP contribution in [0.1, 0.15) is 118 Å². The monoisotopic (exact) mass is 2760 g/mol. The van der Waals surface area contributed by atoms with Crippen molar-refractivity contribution in [1.29, 1.82) is 0 Å². The van der Waals surface area contributed by atoms with Crippen molar-refractivity contribution in [1.82, 2.24) is 39.9 Å². The number of pyridine rings is 8. The fraction of sp³-hybridized carbons (Fsp3) is 0.254. The van der Waals surface area contributed by atoms with Gasteiger partial charge in [-0.25, -0.2) is 0 Å². The Balaban J connectivity index is 0.000000295. The predicted molar refractivity (Wildman–Crippen MR) is 565 cm³/mol. The van der Waals surface area contributed by atoms with Crippen LogP contribution in [0.3, 0.4) is 0 Å². The van der Waals surface area contributed by atoms with Gasteiger partial charge in [-0.3, -0.25) is 0 Å².